The fraction of sp³-hybridized carbons (Fsp3) is 0.333. The van der Waals surface area contributed by atoms with E-state index in [9.17, 15) is 9.59 Å². The van der Waals surface area contributed by atoms with Crippen LogP contribution in [-0.4, -0.2) is 32.0 Å². The number of nitrogens with two attached hydrogens (primary N) is 1. The molecule has 0 atom stereocenters. The minimum Gasteiger partial charge on any atom is -0.496 e. The lowest BCUT2D eigenvalue weighted by Crippen LogP contribution is -2.37. The van der Waals surface area contributed by atoms with E-state index in [-0.39, 0.29) is 18.0 Å². The van der Waals surface area contributed by atoms with Gasteiger partial charge in [0.15, 0.2) is 0 Å². The number of amides is 2. The zero-order valence-electron chi connectivity index (χ0n) is 10.4. The Bertz CT molecular complexity index is 446. The van der Waals surface area contributed by atoms with Crippen LogP contribution in [0.25, 0.3) is 0 Å². The number of anilines is 1. The molecule has 1 rings (SSSR count). The lowest BCUT2D eigenvalue weighted by molar-refractivity contribution is -0.120. The number of likely N-dealkylation sites (N-methyl/N-ethyl adjacent to an activating group) is 1. The van der Waals surface area contributed by atoms with Crippen molar-refractivity contribution in [3.63, 3.8) is 0 Å². The van der Waals surface area contributed by atoms with Gasteiger partial charge in [0.25, 0.3) is 5.91 Å². The van der Waals surface area contributed by atoms with Crippen molar-refractivity contribution in [2.75, 3.05) is 25.9 Å². The molecule has 4 N–H and O–H groups in total. The molecule has 0 bridgehead atoms. The second-order valence-electron chi connectivity index (χ2n) is 3.56. The van der Waals surface area contributed by atoms with Crippen LogP contribution in [0.2, 0.25) is 0 Å². The molecule has 0 aliphatic heterocycles. The highest BCUT2D eigenvalue weighted by molar-refractivity contribution is 6.03. The minimum atomic E-state index is -0.434. The van der Waals surface area contributed by atoms with Crippen LogP contribution in [0.5, 0.6) is 5.75 Å². The average Bonchev–Trinajstić information content (AvgIpc) is 2.36. The Hall–Kier alpha value is -2.24. The van der Waals surface area contributed by atoms with Crippen LogP contribution < -0.4 is 21.1 Å². The number of hydrogen-bond acceptors (Lipinski definition) is 4. The van der Waals surface area contributed by atoms with Crippen molar-refractivity contribution >= 4 is 17.5 Å². The maximum atomic E-state index is 11.9. The molecule has 0 radical (unpaired) electrons. The maximum Gasteiger partial charge on any atom is 0.257 e. The van der Waals surface area contributed by atoms with E-state index < -0.39 is 5.91 Å². The zero-order valence-corrected chi connectivity index (χ0v) is 10.4. The van der Waals surface area contributed by atoms with Gasteiger partial charge in [-0.25, -0.2) is 0 Å². The van der Waals surface area contributed by atoms with E-state index >= 15 is 0 Å². The molecule has 0 unspecified atom stereocenters. The molecule has 6 heteroatoms. The average molecular weight is 251 g/mol. The first kappa shape index (κ1) is 13.8. The summed E-state index contributed by atoms with van der Waals surface area (Å²) >= 11 is 0. The normalized spacial score (nSPS) is 9.67. The molecule has 18 heavy (non-hydrogen) atoms. The highest BCUT2D eigenvalue weighted by Crippen LogP contribution is 2.23. The van der Waals surface area contributed by atoms with Gasteiger partial charge in [-0.15, -0.1) is 0 Å². The van der Waals surface area contributed by atoms with Crippen molar-refractivity contribution in [1.82, 2.24) is 10.6 Å². The summed E-state index contributed by atoms with van der Waals surface area (Å²) in [7, 11) is 1.45. The van der Waals surface area contributed by atoms with E-state index in [2.05, 4.69) is 10.6 Å². The van der Waals surface area contributed by atoms with Crippen molar-refractivity contribution in [2.45, 2.75) is 6.92 Å². The van der Waals surface area contributed by atoms with E-state index in [0.29, 0.717) is 18.0 Å². The van der Waals surface area contributed by atoms with Gasteiger partial charge in [-0.2, -0.15) is 0 Å². The monoisotopic (exact) mass is 251 g/mol. The number of rotatable bonds is 5. The minimum absolute atomic E-state index is 0.0931. The molecular weight excluding hydrogens is 234 g/mol. The van der Waals surface area contributed by atoms with Gasteiger partial charge in [0.2, 0.25) is 5.91 Å². The fourth-order valence-electron chi connectivity index (χ4n) is 1.47. The Morgan fingerprint density at radius 3 is 2.67 bits per heavy atom. The van der Waals surface area contributed by atoms with Crippen molar-refractivity contribution in [3.8, 4) is 5.75 Å². The maximum absolute atomic E-state index is 11.9. The van der Waals surface area contributed by atoms with Gasteiger partial charge in [-0.1, -0.05) is 6.07 Å². The summed E-state index contributed by atoms with van der Waals surface area (Å²) < 4.78 is 5.06. The SMILES string of the molecule is CCNC(=O)CNC(=O)c1c(N)cccc1OC. The molecule has 98 valence electrons. The van der Waals surface area contributed by atoms with E-state index in [1.165, 1.54) is 7.11 Å². The Morgan fingerprint density at radius 2 is 2.06 bits per heavy atom. The number of nitrogen functional groups attached to an aromatic ring is 1. The molecule has 2 amide bonds. The van der Waals surface area contributed by atoms with Crippen LogP contribution in [0.15, 0.2) is 18.2 Å². The lowest BCUT2D eigenvalue weighted by atomic mass is 10.1. The van der Waals surface area contributed by atoms with Gasteiger partial charge in [-0.3, -0.25) is 9.59 Å². The molecule has 6 nitrogen and oxygen atoms in total. The summed E-state index contributed by atoms with van der Waals surface area (Å²) in [5.41, 5.74) is 6.27. The molecule has 0 spiro atoms. The molecule has 0 heterocycles. The van der Waals surface area contributed by atoms with Gasteiger partial charge in [0.1, 0.15) is 11.3 Å². The van der Waals surface area contributed by atoms with Crippen molar-refractivity contribution in [2.24, 2.45) is 0 Å². The summed E-state index contributed by atoms with van der Waals surface area (Å²) in [5, 5.41) is 5.07. The third-order valence-electron chi connectivity index (χ3n) is 2.29. The smallest absolute Gasteiger partial charge is 0.257 e. The first-order chi connectivity index (χ1) is 8.60. The molecule has 1 aromatic carbocycles. The Labute approximate surface area is 105 Å². The van der Waals surface area contributed by atoms with E-state index in [1.54, 1.807) is 25.1 Å². The van der Waals surface area contributed by atoms with Crippen molar-refractivity contribution in [1.29, 1.82) is 0 Å². The topological polar surface area (TPSA) is 93.5 Å². The second kappa shape index (κ2) is 6.48. The third-order valence-corrected chi connectivity index (χ3v) is 2.29. The molecule has 0 saturated carbocycles. The Morgan fingerprint density at radius 1 is 1.33 bits per heavy atom. The van der Waals surface area contributed by atoms with Crippen LogP contribution >= 0.6 is 0 Å². The number of carbonyl (C=O) groups excluding carboxylic acids is 2. The highest BCUT2D eigenvalue weighted by atomic mass is 16.5. The van der Waals surface area contributed by atoms with Gasteiger partial charge >= 0.3 is 0 Å². The van der Waals surface area contributed by atoms with Gasteiger partial charge in [-0.05, 0) is 19.1 Å². The van der Waals surface area contributed by atoms with Crippen molar-refractivity contribution in [3.05, 3.63) is 23.8 Å². The Kier molecular flexibility index (Phi) is 4.98. The van der Waals surface area contributed by atoms with Crippen LogP contribution in [0, 0.1) is 0 Å². The number of hydrogen-bond donors (Lipinski definition) is 3. The summed E-state index contributed by atoms with van der Waals surface area (Å²) in [5.74, 6) is -0.307. The lowest BCUT2D eigenvalue weighted by Gasteiger charge is -2.11. The zero-order chi connectivity index (χ0) is 13.5. The number of carbonyl (C=O) groups is 2. The quantitative estimate of drug-likeness (QED) is 0.649. The molecule has 0 aromatic heterocycles. The van der Waals surface area contributed by atoms with Crippen LogP contribution in [0.1, 0.15) is 17.3 Å². The highest BCUT2D eigenvalue weighted by Gasteiger charge is 2.16. The molecule has 0 aliphatic carbocycles. The predicted octanol–water partition coefficient (Wildman–Crippen LogP) is 0.143. The molecule has 1 aromatic rings. The third kappa shape index (κ3) is 3.38. The van der Waals surface area contributed by atoms with Gasteiger partial charge in [0, 0.05) is 12.2 Å². The predicted molar refractivity (Wildman–Crippen MR) is 68.4 cm³/mol. The standard InChI is InChI=1S/C12H17N3O3/c1-3-14-10(16)7-15-12(17)11-8(13)5-4-6-9(11)18-2/h4-6H,3,7,13H2,1-2H3,(H,14,16)(H,15,17). The number of ether oxygens (including phenoxy) is 1. The molecule has 0 fully saturated rings. The summed E-state index contributed by atoms with van der Waals surface area (Å²) in [6.07, 6.45) is 0. The van der Waals surface area contributed by atoms with Gasteiger partial charge < -0.3 is 21.1 Å². The van der Waals surface area contributed by atoms with E-state index in [1.807, 2.05) is 0 Å². The first-order valence-corrected chi connectivity index (χ1v) is 5.57. The van der Waals surface area contributed by atoms with Crippen LogP contribution in [-0.2, 0) is 4.79 Å². The van der Waals surface area contributed by atoms with E-state index in [0.717, 1.165) is 0 Å². The number of methoxy groups -OCH3 is 1. The van der Waals surface area contributed by atoms with Gasteiger partial charge in [0.05, 0.1) is 13.7 Å². The largest absolute Gasteiger partial charge is 0.496 e. The second-order valence-corrected chi connectivity index (χ2v) is 3.56. The fourth-order valence-corrected chi connectivity index (χ4v) is 1.47. The first-order valence-electron chi connectivity index (χ1n) is 5.57. The van der Waals surface area contributed by atoms with Crippen LogP contribution in [0.4, 0.5) is 5.69 Å². The molecule has 0 aliphatic rings. The summed E-state index contributed by atoms with van der Waals surface area (Å²) in [6, 6.07) is 4.93. The van der Waals surface area contributed by atoms with E-state index in [4.69, 9.17) is 10.5 Å². The van der Waals surface area contributed by atoms with Crippen LogP contribution in [0.3, 0.4) is 0 Å². The number of benzene rings is 1. The summed E-state index contributed by atoms with van der Waals surface area (Å²) in [6.45, 7) is 2.23. The summed E-state index contributed by atoms with van der Waals surface area (Å²) in [4.78, 5) is 23.1. The molecular formula is C12H17N3O3. The number of nitrogens with one attached hydrogen (secondary N) is 2. The Balaban J connectivity index is 2.75. The molecule has 0 saturated heterocycles. The van der Waals surface area contributed by atoms with Crippen molar-refractivity contribution < 1.29 is 14.3 Å².